The summed E-state index contributed by atoms with van der Waals surface area (Å²) in [7, 11) is 3.50. The molecule has 0 radical (unpaired) electrons. The van der Waals surface area contributed by atoms with Gasteiger partial charge in [-0.1, -0.05) is 0 Å². The first-order valence-corrected chi connectivity index (χ1v) is 7.24. The summed E-state index contributed by atoms with van der Waals surface area (Å²) < 4.78 is 15.8. The highest BCUT2D eigenvalue weighted by molar-refractivity contribution is 4.86. The maximum absolute atomic E-state index is 6.03. The Balaban J connectivity index is 2.47. The highest BCUT2D eigenvalue weighted by Gasteiger charge is 2.32. The number of ether oxygens (including phenoxy) is 3. The van der Waals surface area contributed by atoms with E-state index in [-0.39, 0.29) is 5.41 Å². The summed E-state index contributed by atoms with van der Waals surface area (Å²) in [5.41, 5.74) is 6.25. The molecule has 0 bridgehead atoms. The van der Waals surface area contributed by atoms with E-state index < -0.39 is 0 Å². The third-order valence-corrected chi connectivity index (χ3v) is 3.98. The van der Waals surface area contributed by atoms with E-state index in [2.05, 4.69) is 4.90 Å². The van der Waals surface area contributed by atoms with Crippen LogP contribution in [0.15, 0.2) is 0 Å². The van der Waals surface area contributed by atoms with Gasteiger partial charge >= 0.3 is 0 Å². The molecule has 0 atom stereocenters. The predicted octanol–water partition coefficient (Wildman–Crippen LogP) is 0.727. The van der Waals surface area contributed by atoms with Gasteiger partial charge in [0.05, 0.1) is 6.61 Å². The zero-order valence-corrected chi connectivity index (χ0v) is 12.5. The fourth-order valence-electron chi connectivity index (χ4n) is 2.63. The summed E-state index contributed by atoms with van der Waals surface area (Å²) >= 11 is 0. The summed E-state index contributed by atoms with van der Waals surface area (Å²) in [6.45, 7) is 7.04. The molecule has 1 fully saturated rings. The first-order chi connectivity index (χ1) is 9.26. The highest BCUT2D eigenvalue weighted by Crippen LogP contribution is 2.30. The lowest BCUT2D eigenvalue weighted by molar-refractivity contribution is -0.00466. The molecule has 2 N–H and O–H groups in total. The van der Waals surface area contributed by atoms with Crippen molar-refractivity contribution in [2.45, 2.75) is 19.3 Å². The van der Waals surface area contributed by atoms with Crippen LogP contribution in [0.3, 0.4) is 0 Å². The minimum atomic E-state index is 0.221. The third-order valence-electron chi connectivity index (χ3n) is 3.98. The molecule has 19 heavy (non-hydrogen) atoms. The van der Waals surface area contributed by atoms with Crippen molar-refractivity contribution in [3.8, 4) is 0 Å². The monoisotopic (exact) mass is 274 g/mol. The van der Waals surface area contributed by atoms with Gasteiger partial charge in [-0.2, -0.15) is 0 Å². The molecule has 1 aliphatic heterocycles. The molecular formula is C14H30N2O3. The third kappa shape index (κ3) is 6.19. The number of hydrogen-bond acceptors (Lipinski definition) is 5. The molecular weight excluding hydrogens is 244 g/mol. The summed E-state index contributed by atoms with van der Waals surface area (Å²) in [6.07, 6.45) is 3.19. The van der Waals surface area contributed by atoms with Crippen LogP contribution in [0.1, 0.15) is 19.3 Å². The lowest BCUT2D eigenvalue weighted by Crippen LogP contribution is -2.47. The second-order valence-electron chi connectivity index (χ2n) is 5.43. The van der Waals surface area contributed by atoms with Crippen LogP contribution in [0.5, 0.6) is 0 Å². The largest absolute Gasteiger partial charge is 0.385 e. The number of methoxy groups -OCH3 is 2. The lowest BCUT2D eigenvalue weighted by atomic mass is 9.79. The number of nitrogens with two attached hydrogens (primary N) is 1. The normalized spacial score (nSPS) is 18.9. The molecule has 0 aromatic carbocycles. The van der Waals surface area contributed by atoms with Gasteiger partial charge in [-0.3, -0.25) is 0 Å². The minimum Gasteiger partial charge on any atom is -0.385 e. The topological polar surface area (TPSA) is 57.0 Å². The Kier molecular flexibility index (Phi) is 8.57. The van der Waals surface area contributed by atoms with Crippen molar-refractivity contribution in [1.82, 2.24) is 4.90 Å². The van der Waals surface area contributed by atoms with Gasteiger partial charge in [-0.05, 0) is 31.2 Å². The van der Waals surface area contributed by atoms with E-state index >= 15 is 0 Å². The second-order valence-corrected chi connectivity index (χ2v) is 5.43. The fraction of sp³-hybridized carbons (Fsp3) is 1.00. The Bertz CT molecular complexity index is 221. The predicted molar refractivity (Wildman–Crippen MR) is 76.3 cm³/mol. The fourth-order valence-corrected chi connectivity index (χ4v) is 2.63. The number of nitrogens with zero attached hydrogens (tertiary/aromatic N) is 1. The lowest BCUT2D eigenvalue weighted by Gasteiger charge is -2.40. The Morgan fingerprint density at radius 3 is 2.37 bits per heavy atom. The van der Waals surface area contributed by atoms with E-state index in [1.807, 2.05) is 0 Å². The SMILES string of the molecule is COCCCN(CCOC)CC1(CN)CCOCC1. The van der Waals surface area contributed by atoms with Gasteiger partial charge in [0.1, 0.15) is 0 Å². The van der Waals surface area contributed by atoms with Crippen LogP contribution in [0, 0.1) is 5.41 Å². The smallest absolute Gasteiger partial charge is 0.0589 e. The van der Waals surface area contributed by atoms with E-state index in [9.17, 15) is 0 Å². The van der Waals surface area contributed by atoms with Crippen LogP contribution in [0.25, 0.3) is 0 Å². The molecule has 0 aromatic heterocycles. The van der Waals surface area contributed by atoms with Crippen molar-refractivity contribution in [3.63, 3.8) is 0 Å². The molecule has 0 saturated carbocycles. The van der Waals surface area contributed by atoms with Gasteiger partial charge in [-0.15, -0.1) is 0 Å². The first kappa shape index (κ1) is 16.9. The second kappa shape index (κ2) is 9.66. The Morgan fingerprint density at radius 1 is 1.11 bits per heavy atom. The van der Waals surface area contributed by atoms with Gasteiger partial charge in [0, 0.05) is 53.7 Å². The van der Waals surface area contributed by atoms with Gasteiger partial charge in [0.25, 0.3) is 0 Å². The molecule has 114 valence electrons. The molecule has 1 saturated heterocycles. The summed E-state index contributed by atoms with van der Waals surface area (Å²) in [4.78, 5) is 2.46. The van der Waals surface area contributed by atoms with Crippen LogP contribution in [-0.2, 0) is 14.2 Å². The zero-order valence-electron chi connectivity index (χ0n) is 12.5. The van der Waals surface area contributed by atoms with Crippen molar-refractivity contribution < 1.29 is 14.2 Å². The van der Waals surface area contributed by atoms with Crippen LogP contribution in [0.4, 0.5) is 0 Å². The van der Waals surface area contributed by atoms with E-state index in [4.69, 9.17) is 19.9 Å². The summed E-state index contributed by atoms with van der Waals surface area (Å²) in [5, 5.41) is 0. The molecule has 1 rings (SSSR count). The Labute approximate surface area is 117 Å². The quantitative estimate of drug-likeness (QED) is 0.595. The first-order valence-electron chi connectivity index (χ1n) is 7.24. The van der Waals surface area contributed by atoms with Gasteiger partial charge < -0.3 is 24.8 Å². The Hall–Kier alpha value is -0.200. The summed E-state index contributed by atoms with van der Waals surface area (Å²) in [6, 6.07) is 0. The Morgan fingerprint density at radius 2 is 1.79 bits per heavy atom. The molecule has 0 unspecified atom stereocenters. The minimum absolute atomic E-state index is 0.221. The van der Waals surface area contributed by atoms with Crippen molar-refractivity contribution in [3.05, 3.63) is 0 Å². The molecule has 0 aromatic rings. The zero-order chi connectivity index (χ0) is 14.0. The molecule has 0 spiro atoms. The van der Waals surface area contributed by atoms with Crippen LogP contribution in [-0.4, -0.2) is 71.7 Å². The van der Waals surface area contributed by atoms with Crippen LogP contribution >= 0.6 is 0 Å². The van der Waals surface area contributed by atoms with E-state index in [0.717, 1.165) is 71.9 Å². The van der Waals surface area contributed by atoms with E-state index in [1.54, 1.807) is 14.2 Å². The van der Waals surface area contributed by atoms with Gasteiger partial charge in [0.2, 0.25) is 0 Å². The van der Waals surface area contributed by atoms with Crippen LogP contribution < -0.4 is 5.73 Å². The molecule has 0 aliphatic carbocycles. The standard InChI is InChI=1S/C14H30N2O3/c1-17-8-3-6-16(7-11-18-2)13-14(12-15)4-9-19-10-5-14/h3-13,15H2,1-2H3. The molecule has 1 heterocycles. The average Bonchev–Trinajstić information content (AvgIpc) is 2.46. The van der Waals surface area contributed by atoms with Gasteiger partial charge in [0.15, 0.2) is 0 Å². The van der Waals surface area contributed by atoms with Gasteiger partial charge in [-0.25, -0.2) is 0 Å². The van der Waals surface area contributed by atoms with Crippen molar-refractivity contribution in [2.75, 3.05) is 66.8 Å². The van der Waals surface area contributed by atoms with Crippen LogP contribution in [0.2, 0.25) is 0 Å². The van der Waals surface area contributed by atoms with Crippen molar-refractivity contribution in [1.29, 1.82) is 0 Å². The van der Waals surface area contributed by atoms with E-state index in [0.29, 0.717) is 0 Å². The molecule has 5 heteroatoms. The number of rotatable bonds is 10. The van der Waals surface area contributed by atoms with Crippen molar-refractivity contribution >= 4 is 0 Å². The summed E-state index contributed by atoms with van der Waals surface area (Å²) in [5.74, 6) is 0. The molecule has 0 amide bonds. The maximum atomic E-state index is 6.03. The van der Waals surface area contributed by atoms with E-state index in [1.165, 1.54) is 0 Å². The highest BCUT2D eigenvalue weighted by atomic mass is 16.5. The molecule has 5 nitrogen and oxygen atoms in total. The molecule has 1 aliphatic rings. The average molecular weight is 274 g/mol. The van der Waals surface area contributed by atoms with Crippen molar-refractivity contribution in [2.24, 2.45) is 11.1 Å². The maximum Gasteiger partial charge on any atom is 0.0589 e. The number of hydrogen-bond donors (Lipinski definition) is 1.